The molecular weight excluding hydrogens is 282 g/mol. The predicted molar refractivity (Wildman–Crippen MR) is 81.9 cm³/mol. The quantitative estimate of drug-likeness (QED) is 0.737. The van der Waals surface area contributed by atoms with E-state index in [1.165, 1.54) is 7.05 Å². The lowest BCUT2D eigenvalue weighted by molar-refractivity contribution is 0.587. The maximum Gasteiger partial charge on any atom is 0.240 e. The van der Waals surface area contributed by atoms with Crippen molar-refractivity contribution < 1.29 is 8.42 Å². The number of anilines is 1. The van der Waals surface area contributed by atoms with Crippen molar-refractivity contribution in [3.63, 3.8) is 0 Å². The van der Waals surface area contributed by atoms with Crippen molar-refractivity contribution in [2.45, 2.75) is 31.7 Å². The van der Waals surface area contributed by atoms with Crippen LogP contribution in [0.1, 0.15) is 19.4 Å². The maximum absolute atomic E-state index is 11.9. The van der Waals surface area contributed by atoms with E-state index in [1.54, 1.807) is 25.1 Å². The summed E-state index contributed by atoms with van der Waals surface area (Å²) in [6.45, 7) is 5.69. The zero-order valence-corrected chi connectivity index (χ0v) is 13.1. The fourth-order valence-electron chi connectivity index (χ4n) is 1.51. The van der Waals surface area contributed by atoms with E-state index in [1.807, 2.05) is 13.8 Å². The molecule has 0 atom stereocenters. The van der Waals surface area contributed by atoms with Crippen LogP contribution in [-0.2, 0) is 10.0 Å². The third-order valence-corrected chi connectivity index (χ3v) is 4.20. The highest BCUT2D eigenvalue weighted by Gasteiger charge is 2.15. The summed E-state index contributed by atoms with van der Waals surface area (Å²) in [4.78, 5) is 0.243. The van der Waals surface area contributed by atoms with Crippen LogP contribution in [0.4, 0.5) is 5.69 Å². The molecule has 5 nitrogen and oxygen atoms in total. The monoisotopic (exact) mass is 301 g/mol. The van der Waals surface area contributed by atoms with Gasteiger partial charge < -0.3 is 10.6 Å². The van der Waals surface area contributed by atoms with Crippen LogP contribution < -0.4 is 15.4 Å². The first kappa shape index (κ1) is 15.9. The first-order chi connectivity index (χ1) is 8.76. The zero-order chi connectivity index (χ0) is 14.6. The molecule has 0 amide bonds. The minimum absolute atomic E-state index is 0.214. The summed E-state index contributed by atoms with van der Waals surface area (Å²) in [7, 11) is -2.08. The van der Waals surface area contributed by atoms with Gasteiger partial charge in [0.25, 0.3) is 0 Å². The number of sulfonamides is 1. The van der Waals surface area contributed by atoms with E-state index in [-0.39, 0.29) is 10.9 Å². The van der Waals surface area contributed by atoms with Crippen molar-refractivity contribution in [3.8, 4) is 0 Å². The molecule has 0 aromatic heterocycles. The molecule has 0 fully saturated rings. The molecule has 0 aliphatic rings. The van der Waals surface area contributed by atoms with Crippen LogP contribution in [0.3, 0.4) is 0 Å². The summed E-state index contributed by atoms with van der Waals surface area (Å²) in [6.07, 6.45) is 0. The number of benzene rings is 1. The first-order valence-corrected chi connectivity index (χ1v) is 7.77. The molecule has 0 aliphatic heterocycles. The van der Waals surface area contributed by atoms with Crippen molar-refractivity contribution in [1.29, 1.82) is 0 Å². The van der Waals surface area contributed by atoms with Gasteiger partial charge in [0.2, 0.25) is 10.0 Å². The third-order valence-electron chi connectivity index (χ3n) is 2.42. The normalized spacial score (nSPS) is 11.4. The van der Waals surface area contributed by atoms with Crippen LogP contribution in [0.2, 0.25) is 0 Å². The van der Waals surface area contributed by atoms with Crippen LogP contribution >= 0.6 is 12.2 Å². The Hall–Kier alpha value is -1.18. The minimum atomic E-state index is -3.46. The van der Waals surface area contributed by atoms with Gasteiger partial charge in [0.1, 0.15) is 0 Å². The largest absolute Gasteiger partial charge is 0.360 e. The molecule has 0 unspecified atom stereocenters. The van der Waals surface area contributed by atoms with Gasteiger partial charge in [0.05, 0.1) is 4.90 Å². The van der Waals surface area contributed by atoms with E-state index in [4.69, 9.17) is 12.2 Å². The molecule has 7 heteroatoms. The number of rotatable bonds is 4. The van der Waals surface area contributed by atoms with E-state index in [2.05, 4.69) is 15.4 Å². The van der Waals surface area contributed by atoms with E-state index in [9.17, 15) is 8.42 Å². The molecule has 106 valence electrons. The van der Waals surface area contributed by atoms with Crippen LogP contribution in [0.5, 0.6) is 0 Å². The van der Waals surface area contributed by atoms with Crippen molar-refractivity contribution in [2.24, 2.45) is 0 Å². The Morgan fingerprint density at radius 1 is 1.32 bits per heavy atom. The lowest BCUT2D eigenvalue weighted by Gasteiger charge is -2.14. The number of thiocarbonyl (C=S) groups is 1. The molecule has 0 heterocycles. The van der Waals surface area contributed by atoms with E-state index in [0.717, 1.165) is 0 Å². The van der Waals surface area contributed by atoms with Gasteiger partial charge in [-0.25, -0.2) is 13.1 Å². The lowest BCUT2D eigenvalue weighted by Crippen LogP contribution is -2.34. The molecule has 0 bridgehead atoms. The van der Waals surface area contributed by atoms with Gasteiger partial charge in [-0.15, -0.1) is 0 Å². The minimum Gasteiger partial charge on any atom is -0.360 e. The van der Waals surface area contributed by atoms with Gasteiger partial charge in [0, 0.05) is 11.7 Å². The average Bonchev–Trinajstić information content (AvgIpc) is 2.30. The van der Waals surface area contributed by atoms with Crippen LogP contribution in [0, 0.1) is 6.92 Å². The van der Waals surface area contributed by atoms with Gasteiger partial charge in [-0.05, 0) is 57.7 Å². The molecule has 0 saturated heterocycles. The summed E-state index contributed by atoms with van der Waals surface area (Å²) in [6, 6.07) is 5.31. The summed E-state index contributed by atoms with van der Waals surface area (Å²) >= 11 is 5.12. The molecule has 1 aromatic rings. The SMILES string of the molecule is CNS(=O)(=O)c1cc(NC(=S)NC(C)C)ccc1C. The summed E-state index contributed by atoms with van der Waals surface area (Å²) in [5.74, 6) is 0. The molecule has 3 N–H and O–H groups in total. The predicted octanol–water partition coefficient (Wildman–Crippen LogP) is 1.60. The molecule has 0 aliphatic carbocycles. The molecule has 1 aromatic carbocycles. The Balaban J connectivity index is 3.01. The second-order valence-electron chi connectivity index (χ2n) is 4.44. The number of nitrogens with one attached hydrogen (secondary N) is 3. The lowest BCUT2D eigenvalue weighted by atomic mass is 10.2. The summed E-state index contributed by atoms with van der Waals surface area (Å²) < 4.78 is 26.0. The van der Waals surface area contributed by atoms with E-state index < -0.39 is 10.0 Å². The molecule has 0 saturated carbocycles. The average molecular weight is 301 g/mol. The molecule has 19 heavy (non-hydrogen) atoms. The molecular formula is C12H19N3O2S2. The standard InChI is InChI=1S/C12H19N3O2S2/c1-8(2)14-12(18)15-10-6-5-9(3)11(7-10)19(16,17)13-4/h5-8,13H,1-4H3,(H2,14,15,18). The topological polar surface area (TPSA) is 70.2 Å². The third kappa shape index (κ3) is 4.45. The molecule has 0 radical (unpaired) electrons. The van der Waals surface area contributed by atoms with E-state index in [0.29, 0.717) is 16.4 Å². The van der Waals surface area contributed by atoms with Crippen molar-refractivity contribution in [2.75, 3.05) is 12.4 Å². The van der Waals surface area contributed by atoms with Gasteiger partial charge >= 0.3 is 0 Å². The van der Waals surface area contributed by atoms with E-state index >= 15 is 0 Å². The van der Waals surface area contributed by atoms with Crippen LogP contribution in [0.25, 0.3) is 0 Å². The molecule has 1 rings (SSSR count). The van der Waals surface area contributed by atoms with Crippen LogP contribution in [-0.4, -0.2) is 26.6 Å². The Morgan fingerprint density at radius 2 is 1.95 bits per heavy atom. The number of hydrogen-bond donors (Lipinski definition) is 3. The summed E-state index contributed by atoms with van der Waals surface area (Å²) in [5, 5.41) is 6.46. The highest BCUT2D eigenvalue weighted by molar-refractivity contribution is 7.89. The molecule has 0 spiro atoms. The maximum atomic E-state index is 11.9. The Labute approximate surface area is 119 Å². The number of aryl methyl sites for hydroxylation is 1. The Morgan fingerprint density at radius 3 is 2.47 bits per heavy atom. The van der Waals surface area contributed by atoms with Crippen LogP contribution in [0.15, 0.2) is 23.1 Å². The second kappa shape index (κ2) is 6.31. The zero-order valence-electron chi connectivity index (χ0n) is 11.4. The van der Waals surface area contributed by atoms with Crippen molar-refractivity contribution in [3.05, 3.63) is 23.8 Å². The van der Waals surface area contributed by atoms with Gasteiger partial charge in [0.15, 0.2) is 5.11 Å². The fourth-order valence-corrected chi connectivity index (χ4v) is 2.85. The van der Waals surface area contributed by atoms with Gasteiger partial charge in [-0.2, -0.15) is 0 Å². The fraction of sp³-hybridized carbons (Fsp3) is 0.417. The van der Waals surface area contributed by atoms with Gasteiger partial charge in [-0.3, -0.25) is 0 Å². The number of hydrogen-bond acceptors (Lipinski definition) is 3. The Kier molecular flexibility index (Phi) is 5.28. The van der Waals surface area contributed by atoms with Crippen molar-refractivity contribution in [1.82, 2.24) is 10.0 Å². The highest BCUT2D eigenvalue weighted by Crippen LogP contribution is 2.19. The second-order valence-corrected chi connectivity index (χ2v) is 6.70. The van der Waals surface area contributed by atoms with Crippen molar-refractivity contribution >= 4 is 33.0 Å². The smallest absolute Gasteiger partial charge is 0.240 e. The summed E-state index contributed by atoms with van der Waals surface area (Å²) in [5.41, 5.74) is 1.32. The Bertz CT molecular complexity index is 568. The first-order valence-electron chi connectivity index (χ1n) is 5.88. The highest BCUT2D eigenvalue weighted by atomic mass is 32.2. The van der Waals surface area contributed by atoms with Gasteiger partial charge in [-0.1, -0.05) is 6.07 Å².